The van der Waals surface area contributed by atoms with Crippen LogP contribution in [-0.4, -0.2) is 4.57 Å². The van der Waals surface area contributed by atoms with Crippen molar-refractivity contribution in [1.82, 2.24) is 4.57 Å². The second-order valence-electron chi connectivity index (χ2n) is 3.30. The first-order chi connectivity index (χ1) is 7.08. The minimum atomic E-state index is 0.134. The van der Waals surface area contributed by atoms with Crippen LogP contribution in [0.1, 0.15) is 15.4 Å². The number of hydrogen-bond donors (Lipinski definition) is 0. The Balaban J connectivity index is 2.36. The fourth-order valence-electron chi connectivity index (χ4n) is 1.36. The molecule has 0 spiro atoms. The quantitative estimate of drug-likeness (QED) is 0.833. The SMILES string of the molecule is Cc1sc(=O)n(Cc2ccc(Br)s2)c1C. The van der Waals surface area contributed by atoms with Gasteiger partial charge in [-0.3, -0.25) is 9.36 Å². The number of rotatable bonds is 2. The van der Waals surface area contributed by atoms with Gasteiger partial charge in [0, 0.05) is 15.4 Å². The summed E-state index contributed by atoms with van der Waals surface area (Å²) in [6.45, 7) is 4.67. The van der Waals surface area contributed by atoms with Crippen molar-refractivity contribution in [3.63, 3.8) is 0 Å². The van der Waals surface area contributed by atoms with Crippen LogP contribution in [0.3, 0.4) is 0 Å². The fraction of sp³-hybridized carbons (Fsp3) is 0.300. The number of halogens is 1. The molecule has 15 heavy (non-hydrogen) atoms. The van der Waals surface area contributed by atoms with Crippen molar-refractivity contribution in [3.05, 3.63) is 41.0 Å². The van der Waals surface area contributed by atoms with E-state index in [1.54, 1.807) is 11.3 Å². The molecule has 2 aromatic rings. The molecule has 0 unspecified atom stereocenters. The van der Waals surface area contributed by atoms with E-state index in [-0.39, 0.29) is 4.87 Å². The molecule has 0 atom stereocenters. The molecular weight excluding hydrogens is 294 g/mol. The normalized spacial score (nSPS) is 10.9. The molecule has 0 aliphatic heterocycles. The maximum absolute atomic E-state index is 11.6. The van der Waals surface area contributed by atoms with Gasteiger partial charge in [0.15, 0.2) is 0 Å². The molecule has 2 heterocycles. The average Bonchev–Trinajstić information content (AvgIpc) is 2.67. The molecule has 0 aromatic carbocycles. The summed E-state index contributed by atoms with van der Waals surface area (Å²) in [6.07, 6.45) is 0. The Hall–Kier alpha value is -0.390. The van der Waals surface area contributed by atoms with Gasteiger partial charge >= 0.3 is 4.87 Å². The predicted octanol–water partition coefficient (Wildman–Crippen LogP) is 3.40. The molecule has 0 amide bonds. The van der Waals surface area contributed by atoms with Crippen LogP contribution in [0.4, 0.5) is 0 Å². The van der Waals surface area contributed by atoms with Gasteiger partial charge in [0.1, 0.15) is 0 Å². The Kier molecular flexibility index (Phi) is 3.13. The number of hydrogen-bond acceptors (Lipinski definition) is 3. The van der Waals surface area contributed by atoms with Gasteiger partial charge in [-0.05, 0) is 41.9 Å². The van der Waals surface area contributed by atoms with Gasteiger partial charge in [-0.2, -0.15) is 0 Å². The van der Waals surface area contributed by atoms with E-state index in [2.05, 4.69) is 15.9 Å². The molecule has 0 bridgehead atoms. The molecule has 0 saturated heterocycles. The van der Waals surface area contributed by atoms with Crippen molar-refractivity contribution >= 4 is 38.6 Å². The van der Waals surface area contributed by atoms with Gasteiger partial charge in [-0.1, -0.05) is 11.3 Å². The first kappa shape index (κ1) is 11.1. The third-order valence-electron chi connectivity index (χ3n) is 2.32. The van der Waals surface area contributed by atoms with Gasteiger partial charge in [-0.25, -0.2) is 0 Å². The van der Waals surface area contributed by atoms with Gasteiger partial charge < -0.3 is 0 Å². The van der Waals surface area contributed by atoms with Gasteiger partial charge in [-0.15, -0.1) is 11.3 Å². The highest BCUT2D eigenvalue weighted by Gasteiger charge is 2.08. The Morgan fingerprint density at radius 2 is 2.07 bits per heavy atom. The maximum Gasteiger partial charge on any atom is 0.307 e. The van der Waals surface area contributed by atoms with Crippen LogP contribution in [0, 0.1) is 13.8 Å². The highest BCUT2D eigenvalue weighted by atomic mass is 79.9. The second-order valence-corrected chi connectivity index (χ2v) is 7.01. The van der Waals surface area contributed by atoms with Crippen molar-refractivity contribution < 1.29 is 0 Å². The summed E-state index contributed by atoms with van der Waals surface area (Å²) >= 11 is 6.41. The summed E-state index contributed by atoms with van der Waals surface area (Å²) in [6, 6.07) is 4.06. The lowest BCUT2D eigenvalue weighted by molar-refractivity contribution is 0.761. The zero-order chi connectivity index (χ0) is 11.0. The number of aromatic nitrogens is 1. The minimum absolute atomic E-state index is 0.134. The Bertz CT molecular complexity index is 538. The monoisotopic (exact) mass is 303 g/mol. The fourth-order valence-corrected chi connectivity index (χ4v) is 3.67. The zero-order valence-electron chi connectivity index (χ0n) is 8.41. The van der Waals surface area contributed by atoms with Crippen molar-refractivity contribution in [2.45, 2.75) is 20.4 Å². The predicted molar refractivity (Wildman–Crippen MR) is 69.2 cm³/mol. The molecule has 2 nitrogen and oxygen atoms in total. The van der Waals surface area contributed by atoms with E-state index in [9.17, 15) is 4.79 Å². The summed E-state index contributed by atoms with van der Waals surface area (Å²) in [5, 5.41) is 0. The molecule has 5 heteroatoms. The summed E-state index contributed by atoms with van der Waals surface area (Å²) in [4.78, 5) is 14.1. The van der Waals surface area contributed by atoms with E-state index in [1.807, 2.05) is 30.5 Å². The van der Waals surface area contributed by atoms with Crippen LogP contribution in [-0.2, 0) is 6.54 Å². The molecule has 0 aliphatic carbocycles. The average molecular weight is 304 g/mol. The van der Waals surface area contributed by atoms with E-state index in [0.29, 0.717) is 6.54 Å². The van der Waals surface area contributed by atoms with Crippen molar-refractivity contribution in [1.29, 1.82) is 0 Å². The van der Waals surface area contributed by atoms with Crippen molar-refractivity contribution in [2.24, 2.45) is 0 Å². The number of thiazole rings is 1. The van der Waals surface area contributed by atoms with Crippen LogP contribution >= 0.6 is 38.6 Å². The summed E-state index contributed by atoms with van der Waals surface area (Å²) in [5.74, 6) is 0. The first-order valence-electron chi connectivity index (χ1n) is 4.49. The van der Waals surface area contributed by atoms with E-state index < -0.39 is 0 Å². The molecule has 2 rings (SSSR count). The van der Waals surface area contributed by atoms with Crippen LogP contribution < -0.4 is 4.87 Å². The first-order valence-corrected chi connectivity index (χ1v) is 6.91. The van der Waals surface area contributed by atoms with Crippen molar-refractivity contribution in [2.75, 3.05) is 0 Å². The third-order valence-corrected chi connectivity index (χ3v) is 4.92. The number of nitrogens with zero attached hydrogens (tertiary/aromatic N) is 1. The van der Waals surface area contributed by atoms with E-state index >= 15 is 0 Å². The Morgan fingerprint density at radius 3 is 2.53 bits per heavy atom. The summed E-state index contributed by atoms with van der Waals surface area (Å²) in [5.41, 5.74) is 1.08. The maximum atomic E-state index is 11.6. The van der Waals surface area contributed by atoms with Crippen molar-refractivity contribution in [3.8, 4) is 0 Å². The molecule has 0 saturated carbocycles. The van der Waals surface area contributed by atoms with Crippen LogP contribution in [0.2, 0.25) is 0 Å². The van der Waals surface area contributed by atoms with Gasteiger partial charge in [0.25, 0.3) is 0 Å². The lowest BCUT2D eigenvalue weighted by atomic mass is 10.4. The highest BCUT2D eigenvalue weighted by molar-refractivity contribution is 9.11. The number of thiophene rings is 1. The van der Waals surface area contributed by atoms with Crippen LogP contribution in [0.25, 0.3) is 0 Å². The molecule has 80 valence electrons. The molecular formula is C10H10BrNOS2. The largest absolute Gasteiger partial charge is 0.307 e. The van der Waals surface area contributed by atoms with Gasteiger partial charge in [0.2, 0.25) is 0 Å². The number of aryl methyl sites for hydroxylation is 1. The zero-order valence-corrected chi connectivity index (χ0v) is 11.6. The molecule has 0 radical (unpaired) electrons. The van der Waals surface area contributed by atoms with E-state index in [1.165, 1.54) is 16.2 Å². The van der Waals surface area contributed by atoms with Crippen LogP contribution in [0.5, 0.6) is 0 Å². The summed E-state index contributed by atoms with van der Waals surface area (Å²) < 4.78 is 2.94. The standard InChI is InChI=1S/C10H10BrNOS2/c1-6-7(2)14-10(13)12(6)5-8-3-4-9(11)15-8/h3-4H,5H2,1-2H3. The topological polar surface area (TPSA) is 22.0 Å². The summed E-state index contributed by atoms with van der Waals surface area (Å²) in [7, 11) is 0. The Labute approximate surface area is 104 Å². The molecule has 2 aromatic heterocycles. The van der Waals surface area contributed by atoms with E-state index in [0.717, 1.165) is 14.4 Å². The minimum Gasteiger partial charge on any atom is -0.298 e. The third kappa shape index (κ3) is 2.24. The second kappa shape index (κ2) is 4.23. The lowest BCUT2D eigenvalue weighted by Crippen LogP contribution is -2.14. The molecule has 0 fully saturated rings. The van der Waals surface area contributed by atoms with Crippen LogP contribution in [0.15, 0.2) is 20.7 Å². The van der Waals surface area contributed by atoms with Gasteiger partial charge in [0.05, 0.1) is 10.3 Å². The van der Waals surface area contributed by atoms with E-state index in [4.69, 9.17) is 0 Å². The smallest absolute Gasteiger partial charge is 0.298 e. The lowest BCUT2D eigenvalue weighted by Gasteiger charge is -2.01. The molecule has 0 N–H and O–H groups in total. The molecule has 0 aliphatic rings. The Morgan fingerprint density at radius 1 is 1.33 bits per heavy atom. The highest BCUT2D eigenvalue weighted by Crippen LogP contribution is 2.23.